The van der Waals surface area contributed by atoms with Crippen molar-refractivity contribution in [1.82, 2.24) is 5.32 Å². The minimum atomic E-state index is -0.328. The van der Waals surface area contributed by atoms with Crippen LogP contribution in [0.4, 0.5) is 10.5 Å². The Morgan fingerprint density at radius 2 is 1.54 bits per heavy atom. The number of urea groups is 1. The van der Waals surface area contributed by atoms with E-state index in [1.807, 2.05) is 48.5 Å². The van der Waals surface area contributed by atoms with Crippen molar-refractivity contribution in [3.8, 4) is 17.2 Å². The van der Waals surface area contributed by atoms with E-state index in [4.69, 9.17) is 9.47 Å². The summed E-state index contributed by atoms with van der Waals surface area (Å²) >= 11 is 0. The van der Waals surface area contributed by atoms with Crippen LogP contribution in [0, 0.1) is 0 Å². The molecule has 0 radical (unpaired) electrons. The van der Waals surface area contributed by atoms with Crippen molar-refractivity contribution in [3.63, 3.8) is 0 Å². The second kappa shape index (κ2) is 9.43. The van der Waals surface area contributed by atoms with Crippen molar-refractivity contribution in [3.05, 3.63) is 83.9 Å². The van der Waals surface area contributed by atoms with Crippen LogP contribution >= 0.6 is 0 Å². The number of ether oxygens (including phenoxy) is 2. The van der Waals surface area contributed by atoms with Crippen LogP contribution < -0.4 is 20.1 Å². The molecule has 0 atom stereocenters. The standard InChI is InChI=1S/C22H22N2O4/c1-27-20-8-4-5-9-21(20)28-19-12-10-18(11-13-19)24-22(26)23-14-16-6-2-3-7-17(16)15-25/h2-13,25H,14-15H2,1H3,(H2,23,24,26). The van der Waals surface area contributed by atoms with Crippen LogP contribution in [-0.4, -0.2) is 18.2 Å². The summed E-state index contributed by atoms with van der Waals surface area (Å²) in [6.07, 6.45) is 0. The lowest BCUT2D eigenvalue weighted by molar-refractivity contribution is 0.251. The molecule has 0 aromatic heterocycles. The SMILES string of the molecule is COc1ccccc1Oc1ccc(NC(=O)NCc2ccccc2CO)cc1. The predicted octanol–water partition coefficient (Wildman–Crippen LogP) is 4.30. The number of anilines is 1. The lowest BCUT2D eigenvalue weighted by atomic mass is 10.1. The summed E-state index contributed by atoms with van der Waals surface area (Å²) in [6.45, 7) is 0.269. The van der Waals surface area contributed by atoms with E-state index >= 15 is 0 Å². The Labute approximate surface area is 163 Å². The minimum Gasteiger partial charge on any atom is -0.493 e. The number of benzene rings is 3. The van der Waals surface area contributed by atoms with Gasteiger partial charge in [-0.15, -0.1) is 0 Å². The molecule has 3 aromatic rings. The highest BCUT2D eigenvalue weighted by Crippen LogP contribution is 2.31. The first-order chi connectivity index (χ1) is 13.7. The summed E-state index contributed by atoms with van der Waals surface area (Å²) in [4.78, 5) is 12.1. The molecule has 3 aromatic carbocycles. The van der Waals surface area contributed by atoms with Crippen molar-refractivity contribution in [1.29, 1.82) is 0 Å². The quantitative estimate of drug-likeness (QED) is 0.573. The fourth-order valence-electron chi connectivity index (χ4n) is 2.67. The first-order valence-corrected chi connectivity index (χ1v) is 8.83. The zero-order valence-corrected chi connectivity index (χ0v) is 15.5. The van der Waals surface area contributed by atoms with Crippen molar-refractivity contribution in [2.75, 3.05) is 12.4 Å². The van der Waals surface area contributed by atoms with Crippen LogP contribution in [0.25, 0.3) is 0 Å². The molecule has 28 heavy (non-hydrogen) atoms. The molecule has 0 aliphatic rings. The lowest BCUT2D eigenvalue weighted by Gasteiger charge is -2.12. The molecule has 0 unspecified atom stereocenters. The fraction of sp³-hybridized carbons (Fsp3) is 0.136. The smallest absolute Gasteiger partial charge is 0.319 e. The van der Waals surface area contributed by atoms with Gasteiger partial charge in [-0.2, -0.15) is 0 Å². The molecule has 144 valence electrons. The van der Waals surface area contributed by atoms with Gasteiger partial charge >= 0.3 is 6.03 Å². The van der Waals surface area contributed by atoms with Crippen LogP contribution in [0.2, 0.25) is 0 Å². The van der Waals surface area contributed by atoms with E-state index in [0.717, 1.165) is 11.1 Å². The Morgan fingerprint density at radius 1 is 0.893 bits per heavy atom. The van der Waals surface area contributed by atoms with E-state index < -0.39 is 0 Å². The molecule has 0 fully saturated rings. The molecule has 2 amide bonds. The van der Waals surface area contributed by atoms with Gasteiger partial charge in [0.25, 0.3) is 0 Å². The molecule has 0 saturated carbocycles. The van der Waals surface area contributed by atoms with Crippen molar-refractivity contribution < 1.29 is 19.4 Å². The van der Waals surface area contributed by atoms with Gasteiger partial charge in [-0.3, -0.25) is 0 Å². The maximum absolute atomic E-state index is 12.1. The molecule has 0 spiro atoms. The average Bonchev–Trinajstić information content (AvgIpc) is 2.74. The van der Waals surface area contributed by atoms with Gasteiger partial charge in [-0.05, 0) is 47.5 Å². The molecule has 0 aliphatic heterocycles. The van der Waals surface area contributed by atoms with E-state index in [1.165, 1.54) is 0 Å². The first kappa shape index (κ1) is 19.3. The van der Waals surface area contributed by atoms with Crippen LogP contribution in [0.5, 0.6) is 17.2 Å². The van der Waals surface area contributed by atoms with Crippen molar-refractivity contribution >= 4 is 11.7 Å². The van der Waals surface area contributed by atoms with Gasteiger partial charge in [0, 0.05) is 12.2 Å². The number of methoxy groups -OCH3 is 1. The maximum Gasteiger partial charge on any atom is 0.319 e. The Hall–Kier alpha value is -3.51. The van der Waals surface area contributed by atoms with Crippen molar-refractivity contribution in [2.24, 2.45) is 0 Å². The molecule has 3 N–H and O–H groups in total. The van der Waals surface area contributed by atoms with Crippen LogP contribution in [0.3, 0.4) is 0 Å². The van der Waals surface area contributed by atoms with Gasteiger partial charge in [-0.25, -0.2) is 4.79 Å². The van der Waals surface area contributed by atoms with Crippen LogP contribution in [0.1, 0.15) is 11.1 Å². The summed E-state index contributed by atoms with van der Waals surface area (Å²) in [5.74, 6) is 1.89. The van der Waals surface area contributed by atoms with Gasteiger partial charge < -0.3 is 25.2 Å². The van der Waals surface area contributed by atoms with E-state index in [2.05, 4.69) is 10.6 Å². The molecular formula is C22H22N2O4. The number of hydrogen-bond acceptors (Lipinski definition) is 4. The summed E-state index contributed by atoms with van der Waals surface area (Å²) in [5.41, 5.74) is 2.31. The van der Waals surface area contributed by atoms with E-state index in [1.54, 1.807) is 31.4 Å². The Balaban J connectivity index is 1.56. The van der Waals surface area contributed by atoms with Gasteiger partial charge in [0.15, 0.2) is 11.5 Å². The predicted molar refractivity (Wildman–Crippen MR) is 108 cm³/mol. The number of carbonyl (C=O) groups is 1. The topological polar surface area (TPSA) is 79.8 Å². The second-order valence-corrected chi connectivity index (χ2v) is 6.01. The normalized spacial score (nSPS) is 10.2. The zero-order valence-electron chi connectivity index (χ0n) is 15.5. The van der Waals surface area contributed by atoms with Gasteiger partial charge in [0.2, 0.25) is 0 Å². The van der Waals surface area contributed by atoms with Gasteiger partial charge in [0.05, 0.1) is 13.7 Å². The van der Waals surface area contributed by atoms with E-state index in [0.29, 0.717) is 29.5 Å². The number of aliphatic hydroxyl groups excluding tert-OH is 1. The Morgan fingerprint density at radius 3 is 2.21 bits per heavy atom. The molecule has 6 heteroatoms. The summed E-state index contributed by atoms with van der Waals surface area (Å²) in [5, 5.41) is 14.9. The summed E-state index contributed by atoms with van der Waals surface area (Å²) < 4.78 is 11.1. The number of para-hydroxylation sites is 2. The molecule has 0 aliphatic carbocycles. The monoisotopic (exact) mass is 378 g/mol. The number of hydrogen-bond donors (Lipinski definition) is 3. The zero-order chi connectivity index (χ0) is 19.8. The number of nitrogens with one attached hydrogen (secondary N) is 2. The number of aliphatic hydroxyl groups is 1. The van der Waals surface area contributed by atoms with Crippen LogP contribution in [-0.2, 0) is 13.2 Å². The minimum absolute atomic E-state index is 0.0624. The summed E-state index contributed by atoms with van der Waals surface area (Å²) in [6, 6.07) is 21.5. The van der Waals surface area contributed by atoms with Gasteiger partial charge in [0.1, 0.15) is 5.75 Å². The first-order valence-electron chi connectivity index (χ1n) is 8.83. The van der Waals surface area contributed by atoms with Crippen molar-refractivity contribution in [2.45, 2.75) is 13.2 Å². The van der Waals surface area contributed by atoms with E-state index in [-0.39, 0.29) is 12.6 Å². The molecule has 6 nitrogen and oxygen atoms in total. The lowest BCUT2D eigenvalue weighted by Crippen LogP contribution is -2.28. The van der Waals surface area contributed by atoms with Crippen LogP contribution in [0.15, 0.2) is 72.8 Å². The third-order valence-corrected chi connectivity index (χ3v) is 4.14. The second-order valence-electron chi connectivity index (χ2n) is 6.01. The highest BCUT2D eigenvalue weighted by Gasteiger charge is 2.07. The average molecular weight is 378 g/mol. The van der Waals surface area contributed by atoms with E-state index in [9.17, 15) is 9.90 Å². The highest BCUT2D eigenvalue weighted by atomic mass is 16.5. The number of rotatable bonds is 7. The number of amides is 2. The number of carbonyl (C=O) groups excluding carboxylic acids is 1. The molecule has 0 heterocycles. The third kappa shape index (κ3) is 5.02. The molecular weight excluding hydrogens is 356 g/mol. The highest BCUT2D eigenvalue weighted by molar-refractivity contribution is 5.89. The molecule has 0 saturated heterocycles. The third-order valence-electron chi connectivity index (χ3n) is 4.14. The molecule has 3 rings (SSSR count). The fourth-order valence-corrected chi connectivity index (χ4v) is 2.67. The summed E-state index contributed by atoms with van der Waals surface area (Å²) in [7, 11) is 1.59. The molecule has 0 bridgehead atoms. The Bertz CT molecular complexity index is 926. The Kier molecular flexibility index (Phi) is 6.49. The largest absolute Gasteiger partial charge is 0.493 e. The van der Waals surface area contributed by atoms with Gasteiger partial charge in [-0.1, -0.05) is 36.4 Å². The maximum atomic E-state index is 12.1.